The number of aliphatic hydroxyl groups is 5. The fraction of sp³-hybridized carbons (Fsp3) is 0.755. The highest BCUT2D eigenvalue weighted by molar-refractivity contribution is 6.39. The minimum Gasteiger partial charge on any atom is -0.460 e. The number of esters is 1. The van der Waals surface area contributed by atoms with Gasteiger partial charge in [-0.2, -0.15) is 0 Å². The van der Waals surface area contributed by atoms with E-state index in [4.69, 9.17) is 18.9 Å². The maximum atomic E-state index is 14.4. The molecule has 1 saturated carbocycles. The minimum atomic E-state index is -2.47. The second-order valence-corrected chi connectivity index (χ2v) is 20.4. The smallest absolute Gasteiger partial charge is 0.329 e. The molecule has 384 valence electrons. The van der Waals surface area contributed by atoms with Crippen LogP contribution in [0.1, 0.15) is 126 Å². The first kappa shape index (κ1) is 57.2. The van der Waals surface area contributed by atoms with Crippen LogP contribution in [0.3, 0.4) is 0 Å². The van der Waals surface area contributed by atoms with Gasteiger partial charge in [0.15, 0.2) is 0 Å². The summed E-state index contributed by atoms with van der Waals surface area (Å²) in [6.07, 6.45) is 12.9. The molecule has 5 N–H and O–H groups in total. The lowest BCUT2D eigenvalue weighted by atomic mass is 9.78. The summed E-state index contributed by atoms with van der Waals surface area (Å²) < 4.78 is 24.1. The molecular formula is C53H83NO14. The van der Waals surface area contributed by atoms with Crippen molar-refractivity contribution in [2.24, 2.45) is 47.3 Å². The number of ketones is 3. The van der Waals surface area contributed by atoms with E-state index in [9.17, 15) is 49.5 Å². The fourth-order valence-electron chi connectivity index (χ4n) is 10.6. The Labute approximate surface area is 404 Å². The molecule has 3 fully saturated rings. The second kappa shape index (κ2) is 27.3. The molecule has 0 aromatic heterocycles. The van der Waals surface area contributed by atoms with Crippen molar-refractivity contribution < 1.29 is 68.5 Å². The predicted octanol–water partition coefficient (Wildman–Crippen LogP) is 5.38. The summed E-state index contributed by atoms with van der Waals surface area (Å²) in [4.78, 5) is 72.0. The Morgan fingerprint density at radius 2 is 1.60 bits per heavy atom. The molecule has 4 aliphatic rings. The molecule has 0 spiro atoms. The summed E-state index contributed by atoms with van der Waals surface area (Å²) in [7, 11) is 1.62. The van der Waals surface area contributed by atoms with Gasteiger partial charge in [-0.15, -0.1) is 0 Å². The van der Waals surface area contributed by atoms with E-state index in [1.54, 1.807) is 40.9 Å². The highest BCUT2D eigenvalue weighted by Gasteiger charge is 2.53. The maximum absolute atomic E-state index is 14.4. The standard InChI is InChI=1S/C53H83NO14/c1-32-14-10-9-11-15-33(2)40(30-56)28-41-19-17-38(7)53(64,68-41)50(61)51(62)54-21-13-12-16-43(54)52(63)67-46(35(4)26-39-18-20-45(66-23-22-55)47(27-39)65-8)29-44(58)34(3)25-37(6)49(60)42(31-57)48(59)36(5)24-32/h9-11,14-15,25,32,34-36,38-43,45-47,49,55-57,60,64H,12-13,16-24,26-31H2,1-8H3. The van der Waals surface area contributed by atoms with Crippen LogP contribution in [0.2, 0.25) is 0 Å². The summed E-state index contributed by atoms with van der Waals surface area (Å²) in [6, 6.07) is -1.17. The van der Waals surface area contributed by atoms with Crippen molar-refractivity contribution in [1.29, 1.82) is 0 Å². The Morgan fingerprint density at radius 3 is 2.28 bits per heavy atom. The third kappa shape index (κ3) is 15.3. The van der Waals surface area contributed by atoms with Gasteiger partial charge in [0.1, 0.15) is 23.7 Å². The number of carbonyl (C=O) groups is 5. The van der Waals surface area contributed by atoms with Crippen LogP contribution in [0.15, 0.2) is 47.6 Å². The monoisotopic (exact) mass is 958 g/mol. The van der Waals surface area contributed by atoms with E-state index in [2.05, 4.69) is 0 Å². The molecule has 1 amide bonds. The third-order valence-electron chi connectivity index (χ3n) is 15.1. The van der Waals surface area contributed by atoms with Crippen molar-refractivity contribution in [2.45, 2.75) is 168 Å². The van der Waals surface area contributed by atoms with E-state index < -0.39 is 78.1 Å². The number of hydrogen-bond acceptors (Lipinski definition) is 14. The van der Waals surface area contributed by atoms with Gasteiger partial charge < -0.3 is 49.4 Å². The summed E-state index contributed by atoms with van der Waals surface area (Å²) in [5, 5.41) is 53.5. The molecular weight excluding hydrogens is 875 g/mol. The van der Waals surface area contributed by atoms with Gasteiger partial charge >= 0.3 is 5.97 Å². The number of aliphatic hydroxyl groups excluding tert-OH is 4. The van der Waals surface area contributed by atoms with Gasteiger partial charge in [-0.3, -0.25) is 19.2 Å². The number of ether oxygens (including phenoxy) is 4. The number of methoxy groups -OCH3 is 1. The Balaban J connectivity index is 1.70. The van der Waals surface area contributed by atoms with Gasteiger partial charge in [0.05, 0.1) is 50.2 Å². The Hall–Kier alpha value is -3.41. The van der Waals surface area contributed by atoms with Crippen LogP contribution in [0, 0.1) is 47.3 Å². The van der Waals surface area contributed by atoms with Crippen LogP contribution >= 0.6 is 0 Å². The Morgan fingerprint density at radius 1 is 0.868 bits per heavy atom. The molecule has 68 heavy (non-hydrogen) atoms. The quantitative estimate of drug-likeness (QED) is 0.111. The minimum absolute atomic E-state index is 0.0256. The van der Waals surface area contributed by atoms with E-state index in [1.165, 1.54) is 4.90 Å². The zero-order chi connectivity index (χ0) is 50.3. The number of cyclic esters (lactones) is 1. The van der Waals surface area contributed by atoms with Crippen molar-refractivity contribution >= 4 is 29.2 Å². The van der Waals surface area contributed by atoms with Gasteiger partial charge in [0, 0.05) is 50.4 Å². The van der Waals surface area contributed by atoms with E-state index in [0.29, 0.717) is 56.9 Å². The summed E-state index contributed by atoms with van der Waals surface area (Å²) in [5.41, 5.74) is 1.19. The molecule has 15 heteroatoms. The van der Waals surface area contributed by atoms with Gasteiger partial charge in [-0.05, 0) is 108 Å². The molecule has 15 unspecified atom stereocenters. The van der Waals surface area contributed by atoms with Gasteiger partial charge in [-0.25, -0.2) is 4.79 Å². The molecule has 1 aliphatic carbocycles. The van der Waals surface area contributed by atoms with Gasteiger partial charge in [0.2, 0.25) is 5.79 Å². The largest absolute Gasteiger partial charge is 0.460 e. The molecule has 4 rings (SSSR count). The van der Waals surface area contributed by atoms with Crippen LogP contribution in [0.4, 0.5) is 0 Å². The summed E-state index contributed by atoms with van der Waals surface area (Å²) >= 11 is 0. The third-order valence-corrected chi connectivity index (χ3v) is 15.1. The van der Waals surface area contributed by atoms with Crippen molar-refractivity contribution in [2.75, 3.05) is 40.1 Å². The molecule has 3 heterocycles. The summed E-state index contributed by atoms with van der Waals surface area (Å²) in [6.45, 7) is 11.8. The number of piperidine rings is 1. The van der Waals surface area contributed by atoms with Crippen molar-refractivity contribution in [1.82, 2.24) is 4.90 Å². The number of hydrogen-bond donors (Lipinski definition) is 5. The molecule has 0 aromatic carbocycles. The van der Waals surface area contributed by atoms with Crippen molar-refractivity contribution in [3.63, 3.8) is 0 Å². The topological polar surface area (TPSA) is 227 Å². The molecule has 15 atom stereocenters. The van der Waals surface area contributed by atoms with Crippen molar-refractivity contribution in [3.8, 4) is 0 Å². The first-order valence-electron chi connectivity index (χ1n) is 25.2. The highest BCUT2D eigenvalue weighted by atomic mass is 16.6. The average molecular weight is 958 g/mol. The van der Waals surface area contributed by atoms with E-state index in [1.807, 2.05) is 51.2 Å². The SMILES string of the molecule is COC1CC(CC(C)C2CC(=O)C(C)C=C(C)C(O)C(CO)C(=O)C(C)CC(C)C=CC=CC=C(C)C(CO)CC3CCC(C)C(O)(O3)C(=O)C(=O)N3CCCCC3C(=O)O2)CCC1OCCO. The molecule has 0 radical (unpaired) electrons. The van der Waals surface area contributed by atoms with E-state index in [0.717, 1.165) is 12.0 Å². The molecule has 2 saturated heterocycles. The predicted molar refractivity (Wildman–Crippen MR) is 256 cm³/mol. The summed E-state index contributed by atoms with van der Waals surface area (Å²) in [5.74, 6) is -9.81. The Kier molecular flexibility index (Phi) is 22.9. The number of carbonyl (C=O) groups excluding carboxylic acids is 5. The van der Waals surface area contributed by atoms with Crippen LogP contribution in [0.5, 0.6) is 0 Å². The average Bonchev–Trinajstić information content (AvgIpc) is 3.32. The molecule has 3 aliphatic heterocycles. The number of Topliss-reactive ketones (excluding diaryl/α,β-unsaturated/α-hetero) is 3. The first-order valence-corrected chi connectivity index (χ1v) is 25.2. The van der Waals surface area contributed by atoms with E-state index in [-0.39, 0.29) is 93.1 Å². The molecule has 15 nitrogen and oxygen atoms in total. The first-order chi connectivity index (χ1) is 32.3. The lowest BCUT2D eigenvalue weighted by molar-refractivity contribution is -0.265. The van der Waals surface area contributed by atoms with Gasteiger partial charge in [0.25, 0.3) is 11.7 Å². The number of amides is 1. The lowest BCUT2D eigenvalue weighted by Crippen LogP contribution is -2.60. The zero-order valence-electron chi connectivity index (χ0n) is 41.9. The maximum Gasteiger partial charge on any atom is 0.329 e. The second-order valence-electron chi connectivity index (χ2n) is 20.4. The normalized spacial score (nSPS) is 36.7. The van der Waals surface area contributed by atoms with Crippen LogP contribution < -0.4 is 0 Å². The number of rotatable bonds is 9. The van der Waals surface area contributed by atoms with Crippen LogP contribution in [-0.4, -0.2) is 142 Å². The number of fused-ring (bicyclic) bond motifs is 3. The van der Waals surface area contributed by atoms with Crippen LogP contribution in [-0.2, 0) is 42.9 Å². The fourth-order valence-corrected chi connectivity index (χ4v) is 10.6. The van der Waals surface area contributed by atoms with E-state index >= 15 is 0 Å². The molecule has 0 aromatic rings. The number of allylic oxidation sites excluding steroid dienone is 6. The van der Waals surface area contributed by atoms with Gasteiger partial charge in [-0.1, -0.05) is 76.6 Å². The zero-order valence-corrected chi connectivity index (χ0v) is 41.9. The highest BCUT2D eigenvalue weighted by Crippen LogP contribution is 2.38. The Bertz CT molecular complexity index is 1810. The van der Waals surface area contributed by atoms with Crippen LogP contribution in [0.25, 0.3) is 0 Å². The molecule has 2 bridgehead atoms. The van der Waals surface area contributed by atoms with Crippen molar-refractivity contribution in [3.05, 3.63) is 47.6 Å². The lowest BCUT2D eigenvalue weighted by Gasteiger charge is -2.43. The number of nitrogens with zero attached hydrogens (tertiary/aromatic N) is 1.